The van der Waals surface area contributed by atoms with Gasteiger partial charge in [-0.15, -0.1) is 12.4 Å². The van der Waals surface area contributed by atoms with Crippen LogP contribution in [0.3, 0.4) is 0 Å². The molecular formula is C13H24ClN3O2. The van der Waals surface area contributed by atoms with Crippen LogP contribution in [-0.2, 0) is 9.59 Å². The Morgan fingerprint density at radius 1 is 1.32 bits per heavy atom. The van der Waals surface area contributed by atoms with Crippen molar-refractivity contribution in [2.45, 2.75) is 26.2 Å². The summed E-state index contributed by atoms with van der Waals surface area (Å²) in [6.07, 6.45) is 2.80. The fourth-order valence-corrected chi connectivity index (χ4v) is 2.51. The Labute approximate surface area is 120 Å². The average molecular weight is 290 g/mol. The molecule has 0 aromatic heterocycles. The minimum atomic E-state index is -0.0118. The van der Waals surface area contributed by atoms with Gasteiger partial charge in [0.25, 0.3) is 0 Å². The second-order valence-electron chi connectivity index (χ2n) is 5.27. The molecule has 0 saturated carbocycles. The van der Waals surface area contributed by atoms with E-state index in [0.29, 0.717) is 6.54 Å². The molecule has 0 bridgehead atoms. The lowest BCUT2D eigenvalue weighted by molar-refractivity contribution is -0.140. The number of likely N-dealkylation sites (tertiary alicyclic amines) is 1. The number of amides is 2. The zero-order chi connectivity index (χ0) is 13.0. The molecule has 2 rings (SSSR count). The topological polar surface area (TPSA) is 61.4 Å². The Balaban J connectivity index is 0.00000180. The highest BCUT2D eigenvalue weighted by atomic mass is 35.5. The summed E-state index contributed by atoms with van der Waals surface area (Å²) >= 11 is 0. The molecule has 2 saturated heterocycles. The van der Waals surface area contributed by atoms with Crippen LogP contribution < -0.4 is 10.6 Å². The Hall–Kier alpha value is -0.810. The molecule has 0 aliphatic carbocycles. The summed E-state index contributed by atoms with van der Waals surface area (Å²) in [4.78, 5) is 25.9. The van der Waals surface area contributed by atoms with Crippen molar-refractivity contribution in [3.8, 4) is 0 Å². The number of piperidine rings is 1. The molecule has 1 atom stereocenters. The van der Waals surface area contributed by atoms with Gasteiger partial charge in [0.15, 0.2) is 0 Å². The zero-order valence-electron chi connectivity index (χ0n) is 11.5. The van der Waals surface area contributed by atoms with E-state index in [0.717, 1.165) is 45.4 Å². The standard InChI is InChI=1S/C13H23N3O2.ClH/c1-2-5-15-12(17)10-4-3-6-16(9-10)13(18)11-7-14-8-11;/h10-11,14H,2-9H2,1H3,(H,15,17);1H. The van der Waals surface area contributed by atoms with E-state index in [1.165, 1.54) is 0 Å². The highest BCUT2D eigenvalue weighted by Gasteiger charge is 2.33. The van der Waals surface area contributed by atoms with Crippen LogP contribution in [0.1, 0.15) is 26.2 Å². The minimum absolute atomic E-state index is 0. The molecule has 6 heteroatoms. The van der Waals surface area contributed by atoms with Gasteiger partial charge in [-0.25, -0.2) is 0 Å². The first-order valence-electron chi connectivity index (χ1n) is 6.99. The predicted molar refractivity (Wildman–Crippen MR) is 76.2 cm³/mol. The Bertz CT molecular complexity index is 321. The zero-order valence-corrected chi connectivity index (χ0v) is 12.3. The number of halogens is 1. The van der Waals surface area contributed by atoms with Crippen molar-refractivity contribution in [2.75, 3.05) is 32.7 Å². The Morgan fingerprint density at radius 2 is 2.05 bits per heavy atom. The summed E-state index contributed by atoms with van der Waals surface area (Å²) in [7, 11) is 0. The SMILES string of the molecule is CCCNC(=O)C1CCCN(C(=O)C2CNC2)C1.Cl. The molecule has 5 nitrogen and oxygen atoms in total. The molecule has 19 heavy (non-hydrogen) atoms. The monoisotopic (exact) mass is 289 g/mol. The Morgan fingerprint density at radius 3 is 2.63 bits per heavy atom. The molecule has 2 aliphatic rings. The van der Waals surface area contributed by atoms with Crippen LogP contribution in [0.5, 0.6) is 0 Å². The molecule has 2 amide bonds. The number of carbonyl (C=O) groups is 2. The van der Waals surface area contributed by atoms with E-state index < -0.39 is 0 Å². The number of nitrogens with one attached hydrogen (secondary N) is 2. The van der Waals surface area contributed by atoms with Crippen LogP contribution in [0.2, 0.25) is 0 Å². The maximum absolute atomic E-state index is 12.1. The maximum atomic E-state index is 12.1. The molecule has 1 unspecified atom stereocenters. The highest BCUT2D eigenvalue weighted by molar-refractivity contribution is 5.85. The fraction of sp³-hybridized carbons (Fsp3) is 0.846. The summed E-state index contributed by atoms with van der Waals surface area (Å²) < 4.78 is 0. The van der Waals surface area contributed by atoms with Crippen LogP contribution in [0.4, 0.5) is 0 Å². The first-order valence-corrected chi connectivity index (χ1v) is 6.99. The lowest BCUT2D eigenvalue weighted by Gasteiger charge is -2.37. The van der Waals surface area contributed by atoms with Crippen LogP contribution in [0.25, 0.3) is 0 Å². The third-order valence-corrected chi connectivity index (χ3v) is 3.78. The van der Waals surface area contributed by atoms with Gasteiger partial charge in [-0.1, -0.05) is 6.92 Å². The molecule has 0 spiro atoms. The van der Waals surface area contributed by atoms with Gasteiger partial charge < -0.3 is 15.5 Å². The molecule has 0 aromatic rings. The summed E-state index contributed by atoms with van der Waals surface area (Å²) in [6, 6.07) is 0. The van der Waals surface area contributed by atoms with Gasteiger partial charge in [0.1, 0.15) is 0 Å². The van der Waals surface area contributed by atoms with E-state index in [4.69, 9.17) is 0 Å². The molecule has 110 valence electrons. The number of hydrogen-bond donors (Lipinski definition) is 2. The van der Waals surface area contributed by atoms with Crippen molar-refractivity contribution in [1.29, 1.82) is 0 Å². The van der Waals surface area contributed by atoms with Gasteiger partial charge in [-0.2, -0.15) is 0 Å². The number of nitrogens with zero attached hydrogens (tertiary/aromatic N) is 1. The van der Waals surface area contributed by atoms with Crippen molar-refractivity contribution < 1.29 is 9.59 Å². The molecule has 0 aromatic carbocycles. The van der Waals surface area contributed by atoms with Crippen molar-refractivity contribution >= 4 is 24.2 Å². The van der Waals surface area contributed by atoms with Crippen LogP contribution in [0, 0.1) is 11.8 Å². The summed E-state index contributed by atoms with van der Waals surface area (Å²) in [5.74, 6) is 0.465. The molecule has 2 fully saturated rings. The van der Waals surface area contributed by atoms with E-state index >= 15 is 0 Å². The predicted octanol–water partition coefficient (Wildman–Crippen LogP) is 0.392. The van der Waals surface area contributed by atoms with E-state index in [1.54, 1.807) is 0 Å². The van der Waals surface area contributed by atoms with Crippen LogP contribution >= 0.6 is 12.4 Å². The van der Waals surface area contributed by atoms with E-state index in [2.05, 4.69) is 10.6 Å². The van der Waals surface area contributed by atoms with Crippen LogP contribution in [-0.4, -0.2) is 49.4 Å². The van der Waals surface area contributed by atoms with Gasteiger partial charge in [-0.3, -0.25) is 9.59 Å². The van der Waals surface area contributed by atoms with E-state index in [1.807, 2.05) is 11.8 Å². The first kappa shape index (κ1) is 16.2. The quantitative estimate of drug-likeness (QED) is 0.787. The number of carbonyl (C=O) groups excluding carboxylic acids is 2. The lowest BCUT2D eigenvalue weighted by atomic mass is 9.94. The first-order chi connectivity index (χ1) is 8.72. The molecule has 2 N–H and O–H groups in total. The van der Waals surface area contributed by atoms with E-state index in [9.17, 15) is 9.59 Å². The number of hydrogen-bond acceptors (Lipinski definition) is 3. The van der Waals surface area contributed by atoms with Gasteiger partial charge in [-0.05, 0) is 19.3 Å². The molecule has 0 radical (unpaired) electrons. The smallest absolute Gasteiger partial charge is 0.228 e. The largest absolute Gasteiger partial charge is 0.356 e. The van der Waals surface area contributed by atoms with Crippen molar-refractivity contribution in [3.05, 3.63) is 0 Å². The van der Waals surface area contributed by atoms with Crippen molar-refractivity contribution in [1.82, 2.24) is 15.5 Å². The van der Waals surface area contributed by atoms with Crippen LogP contribution in [0.15, 0.2) is 0 Å². The summed E-state index contributed by atoms with van der Waals surface area (Å²) in [5.41, 5.74) is 0. The van der Waals surface area contributed by atoms with Gasteiger partial charge >= 0.3 is 0 Å². The number of rotatable bonds is 4. The average Bonchev–Trinajstić information content (AvgIpc) is 2.34. The van der Waals surface area contributed by atoms with Crippen molar-refractivity contribution in [2.24, 2.45) is 11.8 Å². The van der Waals surface area contributed by atoms with Gasteiger partial charge in [0, 0.05) is 32.7 Å². The maximum Gasteiger partial charge on any atom is 0.228 e. The second-order valence-corrected chi connectivity index (χ2v) is 5.27. The fourth-order valence-electron chi connectivity index (χ4n) is 2.51. The second kappa shape index (κ2) is 7.70. The Kier molecular flexibility index (Phi) is 6.58. The third kappa shape index (κ3) is 4.08. The molecule has 2 heterocycles. The lowest BCUT2D eigenvalue weighted by Crippen LogP contribution is -2.55. The summed E-state index contributed by atoms with van der Waals surface area (Å²) in [6.45, 7) is 5.78. The van der Waals surface area contributed by atoms with Gasteiger partial charge in [0.05, 0.1) is 11.8 Å². The third-order valence-electron chi connectivity index (χ3n) is 3.78. The summed E-state index contributed by atoms with van der Waals surface area (Å²) in [5, 5.41) is 6.05. The molecule has 2 aliphatic heterocycles. The highest BCUT2D eigenvalue weighted by Crippen LogP contribution is 2.19. The minimum Gasteiger partial charge on any atom is -0.356 e. The normalized spacial score (nSPS) is 23.2. The molecular weight excluding hydrogens is 266 g/mol. The van der Waals surface area contributed by atoms with Gasteiger partial charge in [0.2, 0.25) is 11.8 Å². The van der Waals surface area contributed by atoms with E-state index in [-0.39, 0.29) is 36.1 Å². The van der Waals surface area contributed by atoms with Crippen molar-refractivity contribution in [3.63, 3.8) is 0 Å².